The molecule has 3 rings (SSSR count). The van der Waals surface area contributed by atoms with Crippen LogP contribution in [0.25, 0.3) is 0 Å². The van der Waals surface area contributed by atoms with Gasteiger partial charge in [0.1, 0.15) is 23.2 Å². The van der Waals surface area contributed by atoms with Crippen molar-refractivity contribution in [2.24, 2.45) is 0 Å². The van der Waals surface area contributed by atoms with Crippen LogP contribution in [0.4, 0.5) is 28.7 Å². The maximum absolute atomic E-state index is 12.8. The first-order chi connectivity index (χ1) is 17.6. The molecule has 0 radical (unpaired) electrons. The van der Waals surface area contributed by atoms with Gasteiger partial charge in [0.15, 0.2) is 0 Å². The summed E-state index contributed by atoms with van der Waals surface area (Å²) in [5.74, 6) is 1.50. The van der Waals surface area contributed by atoms with Crippen molar-refractivity contribution >= 4 is 45.5 Å². The predicted molar refractivity (Wildman–Crippen MR) is 142 cm³/mol. The number of nitrogens with one attached hydrogen (secondary N) is 3. The Hall–Kier alpha value is -3.97. The van der Waals surface area contributed by atoms with Crippen molar-refractivity contribution in [1.29, 1.82) is 0 Å². The third kappa shape index (κ3) is 7.51. The minimum atomic E-state index is -2.94. The van der Waals surface area contributed by atoms with Crippen molar-refractivity contribution in [3.63, 3.8) is 0 Å². The molecule has 2 aromatic heterocycles. The van der Waals surface area contributed by atoms with Crippen LogP contribution in [0.3, 0.4) is 0 Å². The predicted octanol–water partition coefficient (Wildman–Crippen LogP) is 3.41. The van der Waals surface area contributed by atoms with Gasteiger partial charge in [0.2, 0.25) is 10.9 Å². The Balaban J connectivity index is 2.05. The Bertz CT molecular complexity index is 1320. The van der Waals surface area contributed by atoms with Crippen LogP contribution >= 0.6 is 0 Å². The molecule has 2 heterocycles. The molecule has 3 N–H and O–H groups in total. The van der Waals surface area contributed by atoms with Gasteiger partial charge < -0.3 is 15.4 Å². The molecule has 198 valence electrons. The zero-order chi connectivity index (χ0) is 27.1. The summed E-state index contributed by atoms with van der Waals surface area (Å²) in [6, 6.07) is 8.39. The zero-order valence-corrected chi connectivity index (χ0v) is 22.4. The van der Waals surface area contributed by atoms with Crippen LogP contribution in [-0.2, 0) is 15.7 Å². The van der Waals surface area contributed by atoms with Gasteiger partial charge in [-0.05, 0) is 46.8 Å². The van der Waals surface area contributed by atoms with E-state index >= 15 is 0 Å². The van der Waals surface area contributed by atoms with Gasteiger partial charge >= 0.3 is 0 Å². The average Bonchev–Trinajstić information content (AvgIpc) is 2.82. The lowest BCUT2D eigenvalue weighted by atomic mass is 10.2. The van der Waals surface area contributed by atoms with Crippen LogP contribution in [0.5, 0.6) is 5.75 Å². The van der Waals surface area contributed by atoms with E-state index in [0.717, 1.165) is 10.00 Å². The second kappa shape index (κ2) is 12.3. The second-order valence-electron chi connectivity index (χ2n) is 8.28. The molecule has 0 atom stereocenters. The number of thiol groups is 1. The largest absolute Gasteiger partial charge is 0.491 e. The number of aromatic nitrogens is 3. The van der Waals surface area contributed by atoms with Crippen molar-refractivity contribution in [3.8, 4) is 5.75 Å². The molecule has 13 heteroatoms. The molecular formula is C24H31N7O5S. The fourth-order valence-electron chi connectivity index (χ4n) is 3.38. The highest BCUT2D eigenvalue weighted by molar-refractivity contribution is 7.74. The van der Waals surface area contributed by atoms with E-state index in [-0.39, 0.29) is 18.3 Å². The summed E-state index contributed by atoms with van der Waals surface area (Å²) in [6.07, 6.45) is 1.28. The van der Waals surface area contributed by atoms with E-state index < -0.39 is 16.8 Å². The highest BCUT2D eigenvalue weighted by Crippen LogP contribution is 2.34. The van der Waals surface area contributed by atoms with Crippen LogP contribution < -0.4 is 25.2 Å². The van der Waals surface area contributed by atoms with Gasteiger partial charge in [0.25, 0.3) is 5.91 Å². The number of carbonyl (C=O) groups excluding carboxylic acids is 1. The standard InChI is InChI=1S/C24H31N7O5S/c1-7-35-30-24(32)18-13-25-22(29-23-10-15(4)26-16(5)27-23)12-20(18)28-19-9-8-17(36-14(2)3)11-21(19)31(6)37(33)34/h8-14,37H,7H2,1-6H3,(H,30,32)(H2,25,26,27,28,29). The molecule has 0 bridgehead atoms. The number of benzene rings is 1. The first-order valence-electron chi connectivity index (χ1n) is 11.5. The van der Waals surface area contributed by atoms with E-state index in [2.05, 4.69) is 31.1 Å². The lowest BCUT2D eigenvalue weighted by Gasteiger charge is -2.21. The van der Waals surface area contributed by atoms with Crippen LogP contribution in [0.1, 0.15) is 42.6 Å². The number of ether oxygens (including phenoxy) is 1. The number of carbonyl (C=O) groups is 1. The van der Waals surface area contributed by atoms with Crippen molar-refractivity contribution in [2.45, 2.75) is 40.7 Å². The van der Waals surface area contributed by atoms with E-state index in [9.17, 15) is 13.2 Å². The van der Waals surface area contributed by atoms with Gasteiger partial charge in [-0.3, -0.25) is 13.9 Å². The molecule has 0 saturated heterocycles. The Labute approximate surface area is 217 Å². The van der Waals surface area contributed by atoms with Gasteiger partial charge in [0, 0.05) is 37.1 Å². The minimum Gasteiger partial charge on any atom is -0.491 e. The molecule has 0 unspecified atom stereocenters. The Morgan fingerprint density at radius 2 is 1.81 bits per heavy atom. The maximum Gasteiger partial charge on any atom is 0.278 e. The van der Waals surface area contributed by atoms with Crippen LogP contribution in [0.2, 0.25) is 0 Å². The number of anilines is 5. The van der Waals surface area contributed by atoms with Crippen molar-refractivity contribution < 1.29 is 22.8 Å². The third-order valence-corrected chi connectivity index (χ3v) is 5.59. The Morgan fingerprint density at radius 1 is 1.05 bits per heavy atom. The van der Waals surface area contributed by atoms with E-state index in [1.54, 1.807) is 44.2 Å². The van der Waals surface area contributed by atoms with E-state index in [4.69, 9.17) is 9.57 Å². The summed E-state index contributed by atoms with van der Waals surface area (Å²) in [5.41, 5.74) is 4.43. The summed E-state index contributed by atoms with van der Waals surface area (Å²) in [5, 5.41) is 6.28. The Kier molecular flexibility index (Phi) is 9.20. The number of amides is 1. The molecule has 0 fully saturated rings. The third-order valence-electron chi connectivity index (χ3n) is 4.88. The monoisotopic (exact) mass is 529 g/mol. The van der Waals surface area contributed by atoms with Gasteiger partial charge in [-0.25, -0.2) is 28.8 Å². The lowest BCUT2D eigenvalue weighted by molar-refractivity contribution is 0.0365. The van der Waals surface area contributed by atoms with Crippen LogP contribution in [-0.4, -0.2) is 49.0 Å². The fourth-order valence-corrected chi connectivity index (χ4v) is 3.72. The van der Waals surface area contributed by atoms with Crippen molar-refractivity contribution in [1.82, 2.24) is 20.4 Å². The SMILES string of the molecule is CCONC(=O)c1cnc(Nc2cc(C)nc(C)n2)cc1Nc1ccc(OC(C)C)cc1N(C)[SH](=O)=O. The quantitative estimate of drug-likeness (QED) is 0.215. The van der Waals surface area contributed by atoms with E-state index in [1.165, 1.54) is 13.2 Å². The summed E-state index contributed by atoms with van der Waals surface area (Å²) >= 11 is 0. The molecule has 0 saturated carbocycles. The zero-order valence-electron chi connectivity index (χ0n) is 21.5. The summed E-state index contributed by atoms with van der Waals surface area (Å²) in [4.78, 5) is 30.8. The van der Waals surface area contributed by atoms with E-state index in [1.807, 2.05) is 20.8 Å². The average molecular weight is 530 g/mol. The number of aryl methyl sites for hydroxylation is 2. The van der Waals surface area contributed by atoms with Gasteiger partial charge in [-0.15, -0.1) is 0 Å². The van der Waals surface area contributed by atoms with Gasteiger partial charge in [0.05, 0.1) is 35.3 Å². The molecule has 0 aliphatic rings. The van der Waals surface area contributed by atoms with Crippen molar-refractivity contribution in [2.75, 3.05) is 28.6 Å². The topological polar surface area (TPSA) is 148 Å². The maximum atomic E-state index is 12.8. The summed E-state index contributed by atoms with van der Waals surface area (Å²) in [6.45, 7) is 9.40. The van der Waals surface area contributed by atoms with Crippen LogP contribution in [0, 0.1) is 13.8 Å². The number of rotatable bonds is 11. The number of hydroxylamine groups is 1. The number of hydrogen-bond donors (Lipinski definition) is 4. The van der Waals surface area contributed by atoms with Crippen LogP contribution in [0.15, 0.2) is 36.5 Å². The lowest BCUT2D eigenvalue weighted by Crippen LogP contribution is -2.25. The first kappa shape index (κ1) is 27.6. The van der Waals surface area contributed by atoms with Crippen molar-refractivity contribution in [3.05, 3.63) is 53.6 Å². The number of hydrogen-bond acceptors (Lipinski definition) is 10. The molecule has 1 amide bonds. The normalized spacial score (nSPS) is 10.9. The number of nitrogens with zero attached hydrogens (tertiary/aromatic N) is 4. The molecule has 12 nitrogen and oxygen atoms in total. The summed E-state index contributed by atoms with van der Waals surface area (Å²) < 4.78 is 30.5. The summed E-state index contributed by atoms with van der Waals surface area (Å²) in [7, 11) is -1.51. The molecule has 37 heavy (non-hydrogen) atoms. The van der Waals surface area contributed by atoms with E-state index in [0.29, 0.717) is 40.3 Å². The van der Waals surface area contributed by atoms with Gasteiger partial charge in [-0.1, -0.05) is 0 Å². The Morgan fingerprint density at radius 3 is 2.46 bits per heavy atom. The molecule has 3 aromatic rings. The highest BCUT2D eigenvalue weighted by atomic mass is 32.2. The minimum absolute atomic E-state index is 0.102. The molecule has 1 aromatic carbocycles. The molecule has 0 aliphatic heterocycles. The molecule has 0 aliphatic carbocycles. The number of pyridine rings is 1. The fraction of sp³-hybridized carbons (Fsp3) is 0.333. The van der Waals surface area contributed by atoms with Gasteiger partial charge in [-0.2, -0.15) is 0 Å². The smallest absolute Gasteiger partial charge is 0.278 e. The first-order valence-corrected chi connectivity index (χ1v) is 12.7. The molecule has 0 spiro atoms. The highest BCUT2D eigenvalue weighted by Gasteiger charge is 2.18. The molecular weight excluding hydrogens is 498 g/mol. The second-order valence-corrected chi connectivity index (χ2v) is 9.35.